The van der Waals surface area contributed by atoms with E-state index in [2.05, 4.69) is 6.58 Å². The van der Waals surface area contributed by atoms with E-state index in [4.69, 9.17) is 0 Å². The predicted octanol–water partition coefficient (Wildman–Crippen LogP) is 1.30. The van der Waals surface area contributed by atoms with Crippen molar-refractivity contribution in [3.05, 3.63) is 56.9 Å². The Balaban J connectivity index is 2.52. The SMILES string of the molecule is C=Cc1ccc(-c2c(O)c(=O)c2=O)cc1. The molecule has 1 N–H and O–H groups in total. The number of rotatable bonds is 2. The van der Waals surface area contributed by atoms with E-state index in [0.29, 0.717) is 5.56 Å². The van der Waals surface area contributed by atoms with E-state index in [1.807, 2.05) is 0 Å². The van der Waals surface area contributed by atoms with Crippen LogP contribution >= 0.6 is 0 Å². The molecule has 0 saturated carbocycles. The van der Waals surface area contributed by atoms with Gasteiger partial charge in [-0.3, -0.25) is 9.59 Å². The molecule has 0 fully saturated rings. The van der Waals surface area contributed by atoms with Gasteiger partial charge in [-0.1, -0.05) is 36.9 Å². The first-order chi connectivity index (χ1) is 7.15. The highest BCUT2D eigenvalue weighted by Gasteiger charge is 2.20. The molecule has 15 heavy (non-hydrogen) atoms. The van der Waals surface area contributed by atoms with Crippen molar-refractivity contribution < 1.29 is 5.11 Å². The molecule has 0 radical (unpaired) electrons. The molecule has 0 unspecified atom stereocenters. The second-order valence-corrected chi connectivity index (χ2v) is 3.21. The van der Waals surface area contributed by atoms with Gasteiger partial charge in [0.25, 0.3) is 5.43 Å². The molecular formula is C12H8O3. The minimum atomic E-state index is -0.808. The average molecular weight is 200 g/mol. The molecule has 0 bridgehead atoms. The first kappa shape index (κ1) is 9.40. The number of hydrogen-bond acceptors (Lipinski definition) is 3. The van der Waals surface area contributed by atoms with Crippen LogP contribution in [0, 0.1) is 0 Å². The van der Waals surface area contributed by atoms with Crippen LogP contribution in [-0.2, 0) is 0 Å². The number of aromatic hydroxyl groups is 1. The molecule has 0 aliphatic heterocycles. The molecule has 0 saturated heterocycles. The zero-order chi connectivity index (χ0) is 11.0. The van der Waals surface area contributed by atoms with Gasteiger partial charge in [0, 0.05) is 0 Å². The molecule has 3 heteroatoms. The van der Waals surface area contributed by atoms with Crippen molar-refractivity contribution in [2.75, 3.05) is 0 Å². The summed E-state index contributed by atoms with van der Waals surface area (Å²) in [6, 6.07) is 6.87. The summed E-state index contributed by atoms with van der Waals surface area (Å²) in [5.74, 6) is -0.439. The van der Waals surface area contributed by atoms with E-state index < -0.39 is 16.6 Å². The Hall–Kier alpha value is -2.16. The summed E-state index contributed by atoms with van der Waals surface area (Å²) in [4.78, 5) is 21.9. The largest absolute Gasteiger partial charge is 0.503 e. The van der Waals surface area contributed by atoms with Crippen LogP contribution in [0.1, 0.15) is 5.56 Å². The maximum atomic E-state index is 11.1. The van der Waals surface area contributed by atoms with E-state index in [0.717, 1.165) is 5.56 Å². The van der Waals surface area contributed by atoms with Crippen molar-refractivity contribution in [1.29, 1.82) is 0 Å². The summed E-state index contributed by atoms with van der Waals surface area (Å²) in [5.41, 5.74) is 0.145. The Morgan fingerprint density at radius 1 is 1.07 bits per heavy atom. The normalized spacial score (nSPS) is 10.4. The fourth-order valence-corrected chi connectivity index (χ4v) is 1.43. The molecule has 0 heterocycles. The lowest BCUT2D eigenvalue weighted by atomic mass is 9.99. The van der Waals surface area contributed by atoms with E-state index >= 15 is 0 Å². The smallest absolute Gasteiger partial charge is 0.268 e. The summed E-state index contributed by atoms with van der Waals surface area (Å²) in [6.45, 7) is 3.60. The van der Waals surface area contributed by atoms with Gasteiger partial charge in [0.15, 0.2) is 5.75 Å². The van der Waals surface area contributed by atoms with Crippen LogP contribution in [0.2, 0.25) is 0 Å². The molecule has 0 amide bonds. The van der Waals surface area contributed by atoms with Crippen LogP contribution in [0.5, 0.6) is 5.75 Å². The van der Waals surface area contributed by atoms with E-state index in [9.17, 15) is 14.7 Å². The number of hydrogen-bond donors (Lipinski definition) is 1. The third-order valence-corrected chi connectivity index (χ3v) is 2.32. The van der Waals surface area contributed by atoms with Crippen LogP contribution in [0.25, 0.3) is 17.2 Å². The first-order valence-corrected chi connectivity index (χ1v) is 4.40. The average Bonchev–Trinajstić information content (AvgIpc) is 2.30. The molecule has 2 aromatic carbocycles. The molecule has 0 aliphatic rings. The Morgan fingerprint density at radius 2 is 1.67 bits per heavy atom. The minimum Gasteiger partial charge on any atom is -0.503 e. The topological polar surface area (TPSA) is 54.4 Å². The monoisotopic (exact) mass is 200 g/mol. The molecule has 74 valence electrons. The van der Waals surface area contributed by atoms with E-state index in [1.54, 1.807) is 30.3 Å². The molecule has 0 aromatic heterocycles. The summed E-state index contributed by atoms with van der Waals surface area (Å²) >= 11 is 0. The van der Waals surface area contributed by atoms with Gasteiger partial charge in [0.1, 0.15) is 0 Å². The minimum absolute atomic E-state index is 0.107. The standard InChI is InChI=1S/C12H8O3/c1-2-7-3-5-8(6-4-7)9-10(13)12(15)11(9)14/h2-6,13H,1H2. The Labute approximate surface area is 85.6 Å². The fourth-order valence-electron chi connectivity index (χ4n) is 1.43. The summed E-state index contributed by atoms with van der Waals surface area (Å²) in [7, 11) is 0. The predicted molar refractivity (Wildman–Crippen MR) is 58.5 cm³/mol. The van der Waals surface area contributed by atoms with Gasteiger partial charge in [0.2, 0.25) is 5.43 Å². The fraction of sp³-hybridized carbons (Fsp3) is 0. The van der Waals surface area contributed by atoms with Gasteiger partial charge < -0.3 is 5.11 Å². The molecule has 2 rings (SSSR count). The maximum Gasteiger partial charge on any atom is 0.268 e. The zero-order valence-corrected chi connectivity index (χ0v) is 7.86. The molecule has 0 spiro atoms. The van der Waals surface area contributed by atoms with Crippen LogP contribution in [0.3, 0.4) is 0 Å². The quantitative estimate of drug-likeness (QED) is 0.743. The summed E-state index contributed by atoms with van der Waals surface area (Å²) in [6.07, 6.45) is 1.67. The van der Waals surface area contributed by atoms with Gasteiger partial charge in [-0.25, -0.2) is 0 Å². The summed E-state index contributed by atoms with van der Waals surface area (Å²) in [5, 5.41) is 9.22. The highest BCUT2D eigenvalue weighted by molar-refractivity contribution is 5.74. The van der Waals surface area contributed by atoms with Gasteiger partial charge in [0.05, 0.1) is 5.56 Å². The molecule has 0 aliphatic carbocycles. The third kappa shape index (κ3) is 1.29. The van der Waals surface area contributed by atoms with Crippen molar-refractivity contribution in [1.82, 2.24) is 0 Å². The molecule has 3 nitrogen and oxygen atoms in total. The van der Waals surface area contributed by atoms with Gasteiger partial charge >= 0.3 is 0 Å². The van der Waals surface area contributed by atoms with Crippen LogP contribution in [-0.4, -0.2) is 5.11 Å². The Morgan fingerprint density at radius 3 is 2.13 bits per heavy atom. The lowest BCUT2D eigenvalue weighted by Crippen LogP contribution is -2.31. The second kappa shape index (κ2) is 3.20. The van der Waals surface area contributed by atoms with Crippen molar-refractivity contribution in [2.45, 2.75) is 0 Å². The van der Waals surface area contributed by atoms with Gasteiger partial charge in [-0.15, -0.1) is 0 Å². The molecular weight excluding hydrogens is 192 g/mol. The Bertz CT molecular complexity index is 584. The van der Waals surface area contributed by atoms with Gasteiger partial charge in [-0.2, -0.15) is 0 Å². The van der Waals surface area contributed by atoms with Crippen LogP contribution < -0.4 is 10.9 Å². The highest BCUT2D eigenvalue weighted by Crippen LogP contribution is 2.24. The number of benzene rings is 1. The van der Waals surface area contributed by atoms with Crippen molar-refractivity contribution >= 4 is 6.08 Å². The van der Waals surface area contributed by atoms with Gasteiger partial charge in [-0.05, 0) is 11.1 Å². The van der Waals surface area contributed by atoms with Crippen LogP contribution in [0.15, 0.2) is 40.4 Å². The lowest BCUT2D eigenvalue weighted by molar-refractivity contribution is 0.465. The van der Waals surface area contributed by atoms with E-state index in [1.165, 1.54) is 0 Å². The van der Waals surface area contributed by atoms with Crippen molar-refractivity contribution in [3.8, 4) is 16.9 Å². The highest BCUT2D eigenvalue weighted by atomic mass is 16.3. The maximum absolute atomic E-state index is 11.1. The lowest BCUT2D eigenvalue weighted by Gasteiger charge is -2.05. The van der Waals surface area contributed by atoms with Crippen LogP contribution in [0.4, 0.5) is 0 Å². The third-order valence-electron chi connectivity index (χ3n) is 2.32. The zero-order valence-electron chi connectivity index (χ0n) is 7.86. The first-order valence-electron chi connectivity index (χ1n) is 4.40. The Kier molecular flexibility index (Phi) is 2.01. The molecule has 0 atom stereocenters. The van der Waals surface area contributed by atoms with Crippen molar-refractivity contribution in [2.24, 2.45) is 0 Å². The summed E-state index contributed by atoms with van der Waals surface area (Å²) < 4.78 is 0. The molecule has 2 aromatic rings. The second-order valence-electron chi connectivity index (χ2n) is 3.21. The van der Waals surface area contributed by atoms with Crippen molar-refractivity contribution in [3.63, 3.8) is 0 Å². The van der Waals surface area contributed by atoms with E-state index in [-0.39, 0.29) is 5.56 Å².